The highest BCUT2D eigenvalue weighted by Crippen LogP contribution is 2.39. The van der Waals surface area contributed by atoms with Crippen molar-refractivity contribution < 1.29 is 9.53 Å². The van der Waals surface area contributed by atoms with Crippen LogP contribution in [-0.4, -0.2) is 33.1 Å². The lowest BCUT2D eigenvalue weighted by Crippen LogP contribution is -2.41. The summed E-state index contributed by atoms with van der Waals surface area (Å²) in [5.74, 6) is 1.15. The van der Waals surface area contributed by atoms with Gasteiger partial charge in [0.1, 0.15) is 16.8 Å². The summed E-state index contributed by atoms with van der Waals surface area (Å²) in [6.07, 6.45) is 0. The van der Waals surface area contributed by atoms with Crippen molar-refractivity contribution in [3.05, 3.63) is 63.3 Å². The molecule has 0 radical (unpaired) electrons. The fourth-order valence-corrected chi connectivity index (χ4v) is 4.69. The molecule has 2 heterocycles. The van der Waals surface area contributed by atoms with E-state index in [0.29, 0.717) is 27.4 Å². The van der Waals surface area contributed by atoms with Crippen LogP contribution >= 0.6 is 39.3 Å². The summed E-state index contributed by atoms with van der Waals surface area (Å²) < 4.78 is 7.98. The Hall–Kier alpha value is -2.23. The molecular formula is C19H17BrClN5O2S. The van der Waals surface area contributed by atoms with Crippen LogP contribution in [0.1, 0.15) is 17.4 Å². The summed E-state index contributed by atoms with van der Waals surface area (Å²) in [4.78, 5) is 13.2. The molecule has 3 aromatic rings. The summed E-state index contributed by atoms with van der Waals surface area (Å²) in [5, 5.41) is 11.9. The number of amides is 1. The van der Waals surface area contributed by atoms with E-state index in [9.17, 15) is 4.79 Å². The van der Waals surface area contributed by atoms with E-state index in [1.165, 1.54) is 11.8 Å². The van der Waals surface area contributed by atoms with Crippen molar-refractivity contribution in [3.8, 4) is 5.75 Å². The number of rotatable bonds is 4. The van der Waals surface area contributed by atoms with E-state index in [-0.39, 0.29) is 11.9 Å². The molecule has 2 unspecified atom stereocenters. The first-order valence-corrected chi connectivity index (χ1v) is 10.8. The van der Waals surface area contributed by atoms with E-state index in [4.69, 9.17) is 16.3 Å². The molecule has 0 bridgehead atoms. The predicted octanol–water partition coefficient (Wildman–Crippen LogP) is 4.41. The van der Waals surface area contributed by atoms with Gasteiger partial charge in [0.2, 0.25) is 11.1 Å². The van der Waals surface area contributed by atoms with Crippen LogP contribution in [0.4, 0.5) is 5.69 Å². The Balaban J connectivity index is 1.67. The number of ether oxygens (including phenoxy) is 1. The van der Waals surface area contributed by atoms with Crippen molar-refractivity contribution in [1.82, 2.24) is 14.9 Å². The SMILES string of the molecule is COc1ccc(C2Nn3c(C)nnc3SC2C(=O)Nc2ccc(Br)cc2)cc1Cl. The Morgan fingerprint density at radius 1 is 1.28 bits per heavy atom. The van der Waals surface area contributed by atoms with E-state index in [1.807, 2.05) is 43.3 Å². The molecule has 0 spiro atoms. The van der Waals surface area contributed by atoms with Gasteiger partial charge >= 0.3 is 0 Å². The van der Waals surface area contributed by atoms with Gasteiger partial charge in [-0.3, -0.25) is 4.79 Å². The number of thioether (sulfide) groups is 1. The highest BCUT2D eigenvalue weighted by Gasteiger charge is 2.37. The van der Waals surface area contributed by atoms with Gasteiger partial charge in [-0.05, 0) is 48.9 Å². The largest absolute Gasteiger partial charge is 0.495 e. The Morgan fingerprint density at radius 2 is 2.03 bits per heavy atom. The molecule has 0 saturated heterocycles. The van der Waals surface area contributed by atoms with E-state index in [0.717, 1.165) is 10.0 Å². The molecule has 1 amide bonds. The van der Waals surface area contributed by atoms with Crippen LogP contribution in [-0.2, 0) is 4.79 Å². The minimum atomic E-state index is -0.487. The zero-order valence-electron chi connectivity index (χ0n) is 15.5. The summed E-state index contributed by atoms with van der Waals surface area (Å²) in [5.41, 5.74) is 4.93. The third-order valence-electron chi connectivity index (χ3n) is 4.50. The molecule has 2 atom stereocenters. The number of aromatic nitrogens is 3. The average molecular weight is 495 g/mol. The molecule has 0 aliphatic carbocycles. The number of carbonyl (C=O) groups is 1. The Bertz CT molecular complexity index is 1060. The molecule has 0 saturated carbocycles. The van der Waals surface area contributed by atoms with Gasteiger partial charge in [-0.2, -0.15) is 0 Å². The maximum Gasteiger partial charge on any atom is 0.240 e. The van der Waals surface area contributed by atoms with Gasteiger partial charge in [-0.1, -0.05) is 45.4 Å². The van der Waals surface area contributed by atoms with Crippen molar-refractivity contribution in [2.75, 3.05) is 17.9 Å². The lowest BCUT2D eigenvalue weighted by molar-refractivity contribution is -0.116. The number of anilines is 1. The van der Waals surface area contributed by atoms with E-state index in [1.54, 1.807) is 17.9 Å². The molecule has 0 fully saturated rings. The minimum Gasteiger partial charge on any atom is -0.495 e. The molecular weight excluding hydrogens is 478 g/mol. The third kappa shape index (κ3) is 4.08. The van der Waals surface area contributed by atoms with E-state index < -0.39 is 5.25 Å². The fraction of sp³-hybridized carbons (Fsp3) is 0.211. The molecule has 4 rings (SSSR count). The molecule has 1 aliphatic rings. The zero-order valence-corrected chi connectivity index (χ0v) is 18.7. The van der Waals surface area contributed by atoms with Crippen molar-refractivity contribution in [2.45, 2.75) is 23.4 Å². The molecule has 29 heavy (non-hydrogen) atoms. The number of aryl methyl sites for hydroxylation is 1. The number of fused-ring (bicyclic) bond motifs is 1. The monoisotopic (exact) mass is 493 g/mol. The summed E-state index contributed by atoms with van der Waals surface area (Å²) in [6, 6.07) is 12.6. The number of halogens is 2. The number of nitrogens with one attached hydrogen (secondary N) is 2. The number of hydrogen-bond acceptors (Lipinski definition) is 6. The highest BCUT2D eigenvalue weighted by molar-refractivity contribution is 9.10. The van der Waals surface area contributed by atoms with E-state index in [2.05, 4.69) is 36.9 Å². The smallest absolute Gasteiger partial charge is 0.240 e. The Morgan fingerprint density at radius 3 is 2.72 bits per heavy atom. The summed E-state index contributed by atoms with van der Waals surface area (Å²) in [6.45, 7) is 1.85. The lowest BCUT2D eigenvalue weighted by Gasteiger charge is -2.33. The molecule has 150 valence electrons. The van der Waals surface area contributed by atoms with Crippen LogP contribution in [0.2, 0.25) is 5.02 Å². The first-order chi connectivity index (χ1) is 14.0. The normalized spacial score (nSPS) is 17.9. The molecule has 10 heteroatoms. The zero-order chi connectivity index (χ0) is 20.5. The molecule has 1 aliphatic heterocycles. The van der Waals surface area contributed by atoms with Crippen molar-refractivity contribution in [3.63, 3.8) is 0 Å². The number of benzene rings is 2. The fourth-order valence-electron chi connectivity index (χ4n) is 3.03. The van der Waals surface area contributed by atoms with Gasteiger partial charge in [0.05, 0.1) is 18.2 Å². The van der Waals surface area contributed by atoms with Gasteiger partial charge in [0.15, 0.2) is 0 Å². The Labute approximate surface area is 185 Å². The quantitative estimate of drug-likeness (QED) is 0.559. The third-order valence-corrected chi connectivity index (χ3v) is 6.54. The average Bonchev–Trinajstić information content (AvgIpc) is 3.08. The lowest BCUT2D eigenvalue weighted by atomic mass is 10.0. The summed E-state index contributed by atoms with van der Waals surface area (Å²) in [7, 11) is 1.57. The van der Waals surface area contributed by atoms with Crippen LogP contribution < -0.4 is 15.5 Å². The van der Waals surface area contributed by atoms with Gasteiger partial charge in [0.25, 0.3) is 0 Å². The topological polar surface area (TPSA) is 81.1 Å². The maximum absolute atomic E-state index is 13.2. The maximum atomic E-state index is 13.2. The van der Waals surface area contributed by atoms with Crippen LogP contribution in [0.15, 0.2) is 52.1 Å². The van der Waals surface area contributed by atoms with Gasteiger partial charge in [0, 0.05) is 10.2 Å². The van der Waals surface area contributed by atoms with Crippen molar-refractivity contribution in [1.29, 1.82) is 0 Å². The first kappa shape index (κ1) is 20.1. The minimum absolute atomic E-state index is 0.145. The van der Waals surface area contributed by atoms with Crippen LogP contribution in [0.25, 0.3) is 0 Å². The Kier molecular flexibility index (Phi) is 5.71. The molecule has 1 aromatic heterocycles. The number of carbonyl (C=O) groups excluding carboxylic acids is 1. The van der Waals surface area contributed by atoms with Gasteiger partial charge < -0.3 is 15.5 Å². The second-order valence-corrected chi connectivity index (χ2v) is 8.83. The van der Waals surface area contributed by atoms with Crippen molar-refractivity contribution in [2.24, 2.45) is 0 Å². The van der Waals surface area contributed by atoms with Crippen LogP contribution in [0, 0.1) is 6.92 Å². The van der Waals surface area contributed by atoms with Crippen LogP contribution in [0.3, 0.4) is 0 Å². The second-order valence-electron chi connectivity index (χ2n) is 6.40. The summed E-state index contributed by atoms with van der Waals surface area (Å²) >= 11 is 11.1. The number of hydrogen-bond donors (Lipinski definition) is 2. The first-order valence-electron chi connectivity index (χ1n) is 8.71. The van der Waals surface area contributed by atoms with Gasteiger partial charge in [-0.15, -0.1) is 10.2 Å². The standard InChI is InChI=1S/C19H17BrClN5O2S/c1-10-23-24-19-26(10)25-16(11-3-8-15(28-2)14(21)9-11)17(29-19)18(27)22-13-6-4-12(20)5-7-13/h3-9,16-17,25H,1-2H3,(H,22,27). The predicted molar refractivity (Wildman–Crippen MR) is 117 cm³/mol. The van der Waals surface area contributed by atoms with Crippen molar-refractivity contribution >= 4 is 50.9 Å². The van der Waals surface area contributed by atoms with Gasteiger partial charge in [-0.25, -0.2) is 4.68 Å². The highest BCUT2D eigenvalue weighted by atomic mass is 79.9. The van der Waals surface area contributed by atoms with Crippen LogP contribution in [0.5, 0.6) is 5.75 Å². The number of nitrogens with zero attached hydrogens (tertiary/aromatic N) is 3. The second kappa shape index (κ2) is 8.25. The number of methoxy groups -OCH3 is 1. The molecule has 7 nitrogen and oxygen atoms in total. The molecule has 2 N–H and O–H groups in total. The molecule has 2 aromatic carbocycles. The van der Waals surface area contributed by atoms with E-state index >= 15 is 0 Å².